The first kappa shape index (κ1) is 22.2. The fourth-order valence-corrected chi connectivity index (χ4v) is 2.12. The maximum atomic E-state index is 13.6. The summed E-state index contributed by atoms with van der Waals surface area (Å²) >= 11 is 0. The Balaban J connectivity index is 2.64. The number of imide groups is 1. The van der Waals surface area contributed by atoms with Gasteiger partial charge < -0.3 is 10.6 Å². The minimum atomic E-state index is -1.69. The molecular formula is C17H21F3N4O3. The summed E-state index contributed by atoms with van der Waals surface area (Å²) in [5, 5.41) is 6.58. The molecule has 0 atom stereocenters. The van der Waals surface area contributed by atoms with Crippen LogP contribution in [0.1, 0.15) is 13.3 Å². The highest BCUT2D eigenvalue weighted by Crippen LogP contribution is 2.19. The van der Waals surface area contributed by atoms with Crippen LogP contribution in [0.25, 0.3) is 0 Å². The zero-order chi connectivity index (χ0) is 20.4. The van der Waals surface area contributed by atoms with Crippen molar-refractivity contribution in [2.75, 3.05) is 31.5 Å². The molecule has 4 amide bonds. The first-order valence-corrected chi connectivity index (χ1v) is 8.12. The first-order chi connectivity index (χ1) is 12.8. The molecule has 0 bridgehead atoms. The third kappa shape index (κ3) is 7.48. The number of anilines is 1. The molecule has 0 aliphatic carbocycles. The summed E-state index contributed by atoms with van der Waals surface area (Å²) < 4.78 is 39.7. The third-order valence-corrected chi connectivity index (χ3v) is 3.24. The van der Waals surface area contributed by atoms with Gasteiger partial charge in [-0.25, -0.2) is 18.0 Å². The molecule has 0 radical (unpaired) electrons. The minimum absolute atomic E-state index is 0.181. The number of nitrogens with zero attached hydrogens (tertiary/aromatic N) is 1. The summed E-state index contributed by atoms with van der Waals surface area (Å²) in [7, 11) is 0. The molecule has 1 rings (SSSR count). The quantitative estimate of drug-likeness (QED) is 0.446. The van der Waals surface area contributed by atoms with Crippen molar-refractivity contribution in [1.29, 1.82) is 0 Å². The van der Waals surface area contributed by atoms with E-state index >= 15 is 0 Å². The van der Waals surface area contributed by atoms with E-state index in [0.29, 0.717) is 19.0 Å². The van der Waals surface area contributed by atoms with Gasteiger partial charge in [0.25, 0.3) is 0 Å². The van der Waals surface area contributed by atoms with Crippen molar-refractivity contribution >= 4 is 23.5 Å². The van der Waals surface area contributed by atoms with Crippen molar-refractivity contribution in [3.8, 4) is 0 Å². The summed E-state index contributed by atoms with van der Waals surface area (Å²) in [5.41, 5.74) is -0.511. The van der Waals surface area contributed by atoms with E-state index in [-0.39, 0.29) is 19.6 Å². The molecule has 27 heavy (non-hydrogen) atoms. The molecule has 0 aliphatic rings. The van der Waals surface area contributed by atoms with Gasteiger partial charge in [0.2, 0.25) is 11.8 Å². The molecule has 0 saturated carbocycles. The lowest BCUT2D eigenvalue weighted by molar-refractivity contribution is -0.122. The van der Waals surface area contributed by atoms with Gasteiger partial charge >= 0.3 is 6.03 Å². The standard InChI is InChI=1S/C17H21F3N4O3/c1-3-7-21-17(27)23-14(26)10-24(8-4-2)9-13(25)22-12-6-5-11(18)15(19)16(12)20/h3,5-6H,1,4,7-10H2,2H3,(H,22,25)(H2,21,23,26,27). The Morgan fingerprint density at radius 3 is 2.41 bits per heavy atom. The average molecular weight is 386 g/mol. The largest absolute Gasteiger partial charge is 0.334 e. The van der Waals surface area contributed by atoms with Gasteiger partial charge in [-0.05, 0) is 25.1 Å². The Hall–Kier alpha value is -2.88. The smallest absolute Gasteiger partial charge is 0.321 e. The van der Waals surface area contributed by atoms with Crippen molar-refractivity contribution in [2.24, 2.45) is 0 Å². The SMILES string of the molecule is C=CCNC(=O)NC(=O)CN(CCC)CC(=O)Nc1ccc(F)c(F)c1F. The Morgan fingerprint density at radius 1 is 1.11 bits per heavy atom. The lowest BCUT2D eigenvalue weighted by atomic mass is 10.2. The van der Waals surface area contributed by atoms with Gasteiger partial charge in [0.1, 0.15) is 0 Å². The molecule has 7 nitrogen and oxygen atoms in total. The third-order valence-electron chi connectivity index (χ3n) is 3.24. The van der Waals surface area contributed by atoms with Crippen molar-refractivity contribution in [1.82, 2.24) is 15.5 Å². The average Bonchev–Trinajstić information content (AvgIpc) is 2.60. The fraction of sp³-hybridized carbons (Fsp3) is 0.353. The molecule has 0 heterocycles. The van der Waals surface area contributed by atoms with Crippen molar-refractivity contribution in [2.45, 2.75) is 13.3 Å². The van der Waals surface area contributed by atoms with Crippen LogP contribution in [0, 0.1) is 17.5 Å². The number of halogens is 3. The predicted molar refractivity (Wildman–Crippen MR) is 93.4 cm³/mol. The van der Waals surface area contributed by atoms with Gasteiger partial charge in [0.05, 0.1) is 18.8 Å². The number of carbonyl (C=O) groups is 3. The van der Waals surface area contributed by atoms with Gasteiger partial charge in [0, 0.05) is 6.54 Å². The van der Waals surface area contributed by atoms with Crippen LogP contribution in [0.4, 0.5) is 23.7 Å². The lowest BCUT2D eigenvalue weighted by Gasteiger charge is -2.20. The number of hydrogen-bond acceptors (Lipinski definition) is 4. The molecule has 0 fully saturated rings. The highest BCUT2D eigenvalue weighted by molar-refractivity contribution is 5.96. The Morgan fingerprint density at radius 2 is 1.78 bits per heavy atom. The van der Waals surface area contributed by atoms with Crippen LogP contribution >= 0.6 is 0 Å². The second-order valence-corrected chi connectivity index (χ2v) is 5.53. The highest BCUT2D eigenvalue weighted by Gasteiger charge is 2.18. The van der Waals surface area contributed by atoms with E-state index in [4.69, 9.17) is 0 Å². The maximum Gasteiger partial charge on any atom is 0.321 e. The van der Waals surface area contributed by atoms with E-state index in [1.165, 1.54) is 11.0 Å². The molecule has 0 unspecified atom stereocenters. The minimum Gasteiger partial charge on any atom is -0.334 e. The molecule has 0 aromatic heterocycles. The normalized spacial score (nSPS) is 10.4. The number of urea groups is 1. The highest BCUT2D eigenvalue weighted by atomic mass is 19.2. The van der Waals surface area contributed by atoms with Crippen LogP contribution in [0.2, 0.25) is 0 Å². The molecular weight excluding hydrogens is 365 g/mol. The predicted octanol–water partition coefficient (Wildman–Crippen LogP) is 1.77. The van der Waals surface area contributed by atoms with Crippen LogP contribution in [-0.2, 0) is 9.59 Å². The van der Waals surface area contributed by atoms with Gasteiger partial charge in [0.15, 0.2) is 17.5 Å². The summed E-state index contributed by atoms with van der Waals surface area (Å²) in [5.74, 6) is -5.94. The van der Waals surface area contributed by atoms with E-state index < -0.39 is 41.0 Å². The molecule has 3 N–H and O–H groups in total. The van der Waals surface area contributed by atoms with E-state index in [2.05, 4.69) is 22.5 Å². The molecule has 1 aromatic carbocycles. The van der Waals surface area contributed by atoms with Gasteiger partial charge in [-0.1, -0.05) is 13.0 Å². The Bertz CT molecular complexity index is 713. The van der Waals surface area contributed by atoms with E-state index in [9.17, 15) is 27.6 Å². The first-order valence-electron chi connectivity index (χ1n) is 8.12. The summed E-state index contributed by atoms with van der Waals surface area (Å²) in [6.45, 7) is 5.18. The van der Waals surface area contributed by atoms with E-state index in [0.717, 1.165) is 6.07 Å². The number of amides is 4. The van der Waals surface area contributed by atoms with E-state index in [1.54, 1.807) is 0 Å². The molecule has 1 aromatic rings. The van der Waals surface area contributed by atoms with Crippen molar-refractivity contribution in [3.05, 3.63) is 42.2 Å². The maximum absolute atomic E-state index is 13.6. The second-order valence-electron chi connectivity index (χ2n) is 5.53. The Kier molecular flexibility index (Phi) is 9.00. The van der Waals surface area contributed by atoms with Crippen LogP contribution in [0.5, 0.6) is 0 Å². The number of benzene rings is 1. The van der Waals surface area contributed by atoms with E-state index in [1.807, 2.05) is 6.92 Å². The van der Waals surface area contributed by atoms with Crippen LogP contribution in [0.15, 0.2) is 24.8 Å². The molecule has 148 valence electrons. The van der Waals surface area contributed by atoms with Gasteiger partial charge in [-0.3, -0.25) is 19.8 Å². The zero-order valence-corrected chi connectivity index (χ0v) is 14.8. The van der Waals surface area contributed by atoms with Crippen LogP contribution in [0.3, 0.4) is 0 Å². The monoisotopic (exact) mass is 386 g/mol. The Labute approximate surface area is 154 Å². The topological polar surface area (TPSA) is 90.5 Å². The number of rotatable bonds is 9. The van der Waals surface area contributed by atoms with Crippen molar-refractivity contribution in [3.63, 3.8) is 0 Å². The van der Waals surface area contributed by atoms with Crippen LogP contribution in [-0.4, -0.2) is 48.9 Å². The number of nitrogens with one attached hydrogen (secondary N) is 3. The molecule has 10 heteroatoms. The molecule has 0 saturated heterocycles. The number of carbonyl (C=O) groups excluding carboxylic acids is 3. The fourth-order valence-electron chi connectivity index (χ4n) is 2.12. The summed E-state index contributed by atoms with van der Waals surface area (Å²) in [6.07, 6.45) is 2.04. The number of hydrogen-bond donors (Lipinski definition) is 3. The second kappa shape index (κ2) is 11.0. The molecule has 0 spiro atoms. The lowest BCUT2D eigenvalue weighted by Crippen LogP contribution is -2.46. The van der Waals surface area contributed by atoms with Gasteiger partial charge in [-0.15, -0.1) is 6.58 Å². The van der Waals surface area contributed by atoms with Crippen LogP contribution < -0.4 is 16.0 Å². The zero-order valence-electron chi connectivity index (χ0n) is 14.8. The van der Waals surface area contributed by atoms with Gasteiger partial charge in [-0.2, -0.15) is 0 Å². The van der Waals surface area contributed by atoms with Crippen molar-refractivity contribution < 1.29 is 27.6 Å². The summed E-state index contributed by atoms with van der Waals surface area (Å²) in [4.78, 5) is 36.7. The molecule has 0 aliphatic heterocycles. The summed E-state index contributed by atoms with van der Waals surface area (Å²) in [6, 6.07) is 0.879.